The normalized spacial score (nSPS) is 13.0. The standard InChI is InChI=1S/C16H16F2O2/c1-12(19)13-7-9-15(10-8-13)20-11-16(17,18)14-5-3-2-4-6-14/h2-10,12,19H,11H2,1H3/t12-/m1/s1. The second kappa shape index (κ2) is 6.01. The number of ether oxygens (including phenoxy) is 1. The lowest BCUT2D eigenvalue weighted by atomic mass is 10.1. The molecule has 0 bridgehead atoms. The summed E-state index contributed by atoms with van der Waals surface area (Å²) >= 11 is 0. The number of hydrogen-bond acceptors (Lipinski definition) is 2. The van der Waals surface area contributed by atoms with Gasteiger partial charge in [0, 0.05) is 5.56 Å². The third kappa shape index (κ3) is 3.54. The van der Waals surface area contributed by atoms with E-state index < -0.39 is 18.6 Å². The number of alkyl halides is 2. The van der Waals surface area contributed by atoms with Gasteiger partial charge >= 0.3 is 5.92 Å². The first-order valence-electron chi connectivity index (χ1n) is 6.33. The SMILES string of the molecule is C[C@@H](O)c1ccc(OCC(F)(F)c2ccccc2)cc1. The van der Waals surface area contributed by atoms with Crippen LogP contribution in [0.3, 0.4) is 0 Å². The summed E-state index contributed by atoms with van der Waals surface area (Å²) in [5.74, 6) is -2.69. The summed E-state index contributed by atoms with van der Waals surface area (Å²) in [5, 5.41) is 9.36. The van der Waals surface area contributed by atoms with Crippen LogP contribution in [0.15, 0.2) is 54.6 Å². The minimum atomic E-state index is -3.04. The molecule has 0 fully saturated rings. The van der Waals surface area contributed by atoms with Crippen LogP contribution in [-0.4, -0.2) is 11.7 Å². The molecule has 0 aliphatic rings. The molecule has 0 aliphatic heterocycles. The van der Waals surface area contributed by atoms with E-state index in [2.05, 4.69) is 0 Å². The largest absolute Gasteiger partial charge is 0.487 e. The van der Waals surface area contributed by atoms with Crippen molar-refractivity contribution >= 4 is 0 Å². The van der Waals surface area contributed by atoms with E-state index in [-0.39, 0.29) is 5.56 Å². The highest BCUT2D eigenvalue weighted by molar-refractivity contribution is 5.28. The molecule has 2 aromatic carbocycles. The molecule has 20 heavy (non-hydrogen) atoms. The molecule has 0 aliphatic carbocycles. The van der Waals surface area contributed by atoms with Crippen molar-refractivity contribution in [2.75, 3.05) is 6.61 Å². The number of halogens is 2. The van der Waals surface area contributed by atoms with Crippen LogP contribution in [-0.2, 0) is 5.92 Å². The van der Waals surface area contributed by atoms with Gasteiger partial charge in [-0.05, 0) is 24.6 Å². The molecule has 0 unspecified atom stereocenters. The van der Waals surface area contributed by atoms with Crippen LogP contribution in [0.5, 0.6) is 5.75 Å². The lowest BCUT2D eigenvalue weighted by Gasteiger charge is -2.17. The maximum absolute atomic E-state index is 13.9. The molecule has 0 radical (unpaired) electrons. The summed E-state index contributed by atoms with van der Waals surface area (Å²) in [6.07, 6.45) is -0.588. The predicted molar refractivity (Wildman–Crippen MR) is 72.9 cm³/mol. The summed E-state index contributed by atoms with van der Waals surface area (Å²) in [6.45, 7) is 0.921. The molecule has 0 aromatic heterocycles. The van der Waals surface area contributed by atoms with Crippen LogP contribution in [0, 0.1) is 0 Å². The first kappa shape index (κ1) is 14.5. The molecule has 4 heteroatoms. The van der Waals surface area contributed by atoms with E-state index in [0.717, 1.165) is 0 Å². The topological polar surface area (TPSA) is 29.5 Å². The van der Waals surface area contributed by atoms with Crippen LogP contribution in [0.2, 0.25) is 0 Å². The third-order valence-electron chi connectivity index (χ3n) is 2.98. The van der Waals surface area contributed by atoms with Crippen molar-refractivity contribution < 1.29 is 18.6 Å². The number of aliphatic hydroxyl groups is 1. The van der Waals surface area contributed by atoms with Crippen molar-refractivity contribution in [2.45, 2.75) is 19.0 Å². The first-order valence-corrected chi connectivity index (χ1v) is 6.33. The Hall–Kier alpha value is -1.94. The predicted octanol–water partition coefficient (Wildman–Crippen LogP) is 3.91. The van der Waals surface area contributed by atoms with Crippen LogP contribution in [0.1, 0.15) is 24.2 Å². The molecule has 1 N–H and O–H groups in total. The molecular formula is C16H16F2O2. The van der Waals surface area contributed by atoms with Crippen molar-refractivity contribution in [3.63, 3.8) is 0 Å². The van der Waals surface area contributed by atoms with Gasteiger partial charge in [-0.2, -0.15) is 8.78 Å². The van der Waals surface area contributed by atoms with Gasteiger partial charge in [-0.25, -0.2) is 0 Å². The summed E-state index contributed by atoms with van der Waals surface area (Å²) in [6, 6.07) is 14.0. The Bertz CT molecular complexity index is 536. The Morgan fingerprint density at radius 3 is 2.20 bits per heavy atom. The van der Waals surface area contributed by atoms with Crippen molar-refractivity contribution in [2.24, 2.45) is 0 Å². The Balaban J connectivity index is 2.01. The van der Waals surface area contributed by atoms with E-state index in [1.165, 1.54) is 12.1 Å². The van der Waals surface area contributed by atoms with Crippen LogP contribution >= 0.6 is 0 Å². The zero-order chi connectivity index (χ0) is 14.6. The van der Waals surface area contributed by atoms with E-state index in [0.29, 0.717) is 11.3 Å². The molecule has 0 saturated carbocycles. The van der Waals surface area contributed by atoms with Gasteiger partial charge < -0.3 is 9.84 Å². The van der Waals surface area contributed by atoms with Gasteiger partial charge in [0.05, 0.1) is 6.10 Å². The smallest absolute Gasteiger partial charge is 0.306 e. The monoisotopic (exact) mass is 278 g/mol. The lowest BCUT2D eigenvalue weighted by molar-refractivity contribution is -0.0467. The summed E-state index contributed by atoms with van der Waals surface area (Å²) in [5.41, 5.74) is 0.646. The lowest BCUT2D eigenvalue weighted by Crippen LogP contribution is -2.23. The summed E-state index contributed by atoms with van der Waals surface area (Å²) in [7, 11) is 0. The van der Waals surface area contributed by atoms with E-state index in [4.69, 9.17) is 4.74 Å². The van der Waals surface area contributed by atoms with E-state index >= 15 is 0 Å². The molecule has 0 saturated heterocycles. The van der Waals surface area contributed by atoms with Gasteiger partial charge in [-0.1, -0.05) is 42.5 Å². The maximum atomic E-state index is 13.9. The quantitative estimate of drug-likeness (QED) is 0.898. The zero-order valence-corrected chi connectivity index (χ0v) is 11.1. The highest BCUT2D eigenvalue weighted by Crippen LogP contribution is 2.29. The Kier molecular flexibility index (Phi) is 4.35. The average Bonchev–Trinajstić information content (AvgIpc) is 2.46. The van der Waals surface area contributed by atoms with Gasteiger partial charge in [0.1, 0.15) is 5.75 Å². The maximum Gasteiger partial charge on any atom is 0.306 e. The Morgan fingerprint density at radius 2 is 1.65 bits per heavy atom. The van der Waals surface area contributed by atoms with Crippen LogP contribution in [0.25, 0.3) is 0 Å². The fourth-order valence-corrected chi connectivity index (χ4v) is 1.78. The number of hydrogen-bond donors (Lipinski definition) is 1. The molecular weight excluding hydrogens is 262 g/mol. The minimum Gasteiger partial charge on any atom is -0.487 e. The van der Waals surface area contributed by atoms with Gasteiger partial charge in [0.25, 0.3) is 0 Å². The molecule has 0 spiro atoms. The molecule has 0 heterocycles. The highest BCUT2D eigenvalue weighted by Gasteiger charge is 2.32. The van der Waals surface area contributed by atoms with E-state index in [9.17, 15) is 13.9 Å². The van der Waals surface area contributed by atoms with Gasteiger partial charge in [0.2, 0.25) is 0 Å². The fraction of sp³-hybridized carbons (Fsp3) is 0.250. The molecule has 2 nitrogen and oxygen atoms in total. The first-order chi connectivity index (χ1) is 9.49. The van der Waals surface area contributed by atoms with E-state index in [1.807, 2.05) is 0 Å². The van der Waals surface area contributed by atoms with E-state index in [1.54, 1.807) is 49.4 Å². The molecule has 1 atom stereocenters. The second-order valence-electron chi connectivity index (χ2n) is 4.60. The molecule has 106 valence electrons. The summed E-state index contributed by atoms with van der Waals surface area (Å²) in [4.78, 5) is 0. The molecule has 2 rings (SSSR count). The number of benzene rings is 2. The summed E-state index contributed by atoms with van der Waals surface area (Å²) < 4.78 is 32.9. The highest BCUT2D eigenvalue weighted by atomic mass is 19.3. The van der Waals surface area contributed by atoms with Crippen LogP contribution in [0.4, 0.5) is 8.78 Å². The second-order valence-corrected chi connectivity index (χ2v) is 4.60. The minimum absolute atomic E-state index is 0.0689. The van der Waals surface area contributed by atoms with Gasteiger partial charge in [-0.15, -0.1) is 0 Å². The van der Waals surface area contributed by atoms with Gasteiger partial charge in [-0.3, -0.25) is 0 Å². The number of rotatable bonds is 5. The zero-order valence-electron chi connectivity index (χ0n) is 11.1. The van der Waals surface area contributed by atoms with Crippen LogP contribution < -0.4 is 4.74 Å². The fourth-order valence-electron chi connectivity index (χ4n) is 1.78. The Morgan fingerprint density at radius 1 is 1.05 bits per heavy atom. The Labute approximate surface area is 116 Å². The van der Waals surface area contributed by atoms with Crippen molar-refractivity contribution in [1.29, 1.82) is 0 Å². The average molecular weight is 278 g/mol. The number of aliphatic hydroxyl groups excluding tert-OH is 1. The van der Waals surface area contributed by atoms with Crippen molar-refractivity contribution in [3.05, 3.63) is 65.7 Å². The third-order valence-corrected chi connectivity index (χ3v) is 2.98. The van der Waals surface area contributed by atoms with Gasteiger partial charge in [0.15, 0.2) is 6.61 Å². The molecule has 0 amide bonds. The van der Waals surface area contributed by atoms with Crippen molar-refractivity contribution in [3.8, 4) is 5.75 Å². The van der Waals surface area contributed by atoms with Crippen molar-refractivity contribution in [1.82, 2.24) is 0 Å². The molecule has 2 aromatic rings.